The van der Waals surface area contributed by atoms with E-state index >= 15 is 0 Å². The summed E-state index contributed by atoms with van der Waals surface area (Å²) in [5.41, 5.74) is 3.04. The third-order valence-corrected chi connectivity index (χ3v) is 5.08. The van der Waals surface area contributed by atoms with E-state index < -0.39 is 11.7 Å². The van der Waals surface area contributed by atoms with Crippen LogP contribution in [0.1, 0.15) is 5.56 Å². The van der Waals surface area contributed by atoms with Gasteiger partial charge in [0.2, 0.25) is 0 Å². The van der Waals surface area contributed by atoms with Crippen LogP contribution in [0.3, 0.4) is 0 Å². The van der Waals surface area contributed by atoms with Crippen molar-refractivity contribution in [3.05, 3.63) is 95.1 Å². The molecule has 0 aliphatic rings. The third-order valence-electron chi connectivity index (χ3n) is 4.55. The maximum absolute atomic E-state index is 13.7. The first-order valence-electron chi connectivity index (χ1n) is 8.55. The van der Waals surface area contributed by atoms with Gasteiger partial charge in [-0.15, -0.1) is 0 Å². The number of H-pyrrole nitrogens is 1. The monoisotopic (exact) mass is 440 g/mol. The number of aromatic nitrogens is 1. The molecule has 5 heteroatoms. The summed E-state index contributed by atoms with van der Waals surface area (Å²) in [6.45, 7) is 0. The lowest BCUT2D eigenvalue weighted by atomic mass is 9.93. The Morgan fingerprint density at radius 2 is 1.43 bits per heavy atom. The molecule has 0 aliphatic heterocycles. The summed E-state index contributed by atoms with van der Waals surface area (Å²) in [6.07, 6.45) is -2.79. The molecule has 0 amide bonds. The number of hydrogen-bond donors (Lipinski definition) is 1. The molecule has 0 fully saturated rings. The van der Waals surface area contributed by atoms with Crippen molar-refractivity contribution in [3.8, 4) is 33.5 Å². The smallest absolute Gasteiger partial charge is 0.361 e. The molecule has 1 heterocycles. The number of alkyl halides is 3. The fraction of sp³-hybridized carbons (Fsp3) is 0.0435. The predicted octanol–water partition coefficient (Wildman–Crippen LogP) is 7.60. The Balaban J connectivity index is 1.91. The number of halogens is 4. The molecule has 3 aromatic carbocycles. The van der Waals surface area contributed by atoms with Gasteiger partial charge in [-0.2, -0.15) is 13.2 Å². The van der Waals surface area contributed by atoms with Gasteiger partial charge in [0.15, 0.2) is 0 Å². The van der Waals surface area contributed by atoms with E-state index in [1.54, 1.807) is 30.5 Å². The van der Waals surface area contributed by atoms with Gasteiger partial charge in [0.25, 0.3) is 0 Å². The van der Waals surface area contributed by atoms with Crippen LogP contribution in [0.5, 0.6) is 0 Å². The molecule has 0 unspecified atom stereocenters. The Bertz CT molecular complexity index is 1100. The molecule has 0 bridgehead atoms. The van der Waals surface area contributed by atoms with Crippen LogP contribution in [-0.4, -0.2) is 4.98 Å². The summed E-state index contributed by atoms with van der Waals surface area (Å²) in [6, 6.07) is 23.5. The number of rotatable bonds is 3. The first kappa shape index (κ1) is 18.6. The Morgan fingerprint density at radius 3 is 2.11 bits per heavy atom. The van der Waals surface area contributed by atoms with Gasteiger partial charge in [0, 0.05) is 16.2 Å². The molecule has 4 rings (SSSR count). The molecule has 4 aromatic rings. The zero-order chi connectivity index (χ0) is 19.7. The Hall–Kier alpha value is -2.79. The van der Waals surface area contributed by atoms with Gasteiger partial charge in [-0.05, 0) is 58.7 Å². The number of nitrogens with one attached hydrogen (secondary N) is 1. The van der Waals surface area contributed by atoms with Crippen molar-refractivity contribution in [1.29, 1.82) is 0 Å². The molecule has 0 saturated heterocycles. The van der Waals surface area contributed by atoms with Crippen LogP contribution < -0.4 is 0 Å². The minimum atomic E-state index is -4.45. The van der Waals surface area contributed by atoms with Crippen molar-refractivity contribution in [2.45, 2.75) is 6.18 Å². The summed E-state index contributed by atoms with van der Waals surface area (Å²) in [5.74, 6) is 0. The van der Waals surface area contributed by atoms with Crippen LogP contribution in [0.4, 0.5) is 13.2 Å². The molecule has 1 N–H and O–H groups in total. The zero-order valence-corrected chi connectivity index (χ0v) is 16.1. The second-order valence-corrected chi connectivity index (χ2v) is 7.24. The van der Waals surface area contributed by atoms with Gasteiger partial charge in [0.1, 0.15) is 0 Å². The normalized spacial score (nSPS) is 11.6. The Kier molecular flexibility index (Phi) is 4.85. The van der Waals surface area contributed by atoms with Crippen LogP contribution in [0, 0.1) is 6.07 Å². The molecule has 28 heavy (non-hydrogen) atoms. The molecule has 0 spiro atoms. The molecule has 0 saturated carbocycles. The second kappa shape index (κ2) is 7.32. The predicted molar refractivity (Wildman–Crippen MR) is 109 cm³/mol. The van der Waals surface area contributed by atoms with Crippen molar-refractivity contribution in [2.24, 2.45) is 0 Å². The van der Waals surface area contributed by atoms with E-state index in [0.717, 1.165) is 27.2 Å². The highest BCUT2D eigenvalue weighted by Gasteiger charge is 2.34. The van der Waals surface area contributed by atoms with E-state index in [4.69, 9.17) is 0 Å². The average Bonchev–Trinajstić information content (AvgIpc) is 3.18. The molecule has 0 atom stereocenters. The van der Waals surface area contributed by atoms with Crippen LogP contribution in [-0.2, 0) is 6.18 Å². The van der Waals surface area contributed by atoms with E-state index in [0.29, 0.717) is 11.3 Å². The fourth-order valence-corrected chi connectivity index (χ4v) is 3.49. The first-order chi connectivity index (χ1) is 13.4. The lowest BCUT2D eigenvalue weighted by Gasteiger charge is -2.16. The summed E-state index contributed by atoms with van der Waals surface area (Å²) >= 11 is 3.38. The highest BCUT2D eigenvalue weighted by molar-refractivity contribution is 9.10. The van der Waals surface area contributed by atoms with E-state index in [9.17, 15) is 13.2 Å². The van der Waals surface area contributed by atoms with Crippen molar-refractivity contribution in [2.75, 3.05) is 0 Å². The van der Waals surface area contributed by atoms with Crippen LogP contribution >= 0.6 is 15.9 Å². The van der Waals surface area contributed by atoms with E-state index in [2.05, 4.69) is 27.0 Å². The van der Waals surface area contributed by atoms with Gasteiger partial charge in [0.05, 0.1) is 11.3 Å². The first-order valence-corrected chi connectivity index (χ1v) is 9.34. The van der Waals surface area contributed by atoms with E-state index in [1.165, 1.54) is 6.07 Å². The zero-order valence-electron chi connectivity index (χ0n) is 14.5. The van der Waals surface area contributed by atoms with E-state index in [1.807, 2.05) is 36.4 Å². The van der Waals surface area contributed by atoms with Crippen molar-refractivity contribution >= 4 is 15.9 Å². The summed E-state index contributed by atoms with van der Waals surface area (Å²) < 4.78 is 42.1. The summed E-state index contributed by atoms with van der Waals surface area (Å²) in [5, 5.41) is 0. The average molecular weight is 441 g/mol. The Morgan fingerprint density at radius 1 is 0.750 bits per heavy atom. The minimum absolute atomic E-state index is 0.150. The van der Waals surface area contributed by atoms with Crippen molar-refractivity contribution < 1.29 is 13.2 Å². The summed E-state index contributed by atoms with van der Waals surface area (Å²) in [7, 11) is 0. The van der Waals surface area contributed by atoms with Crippen LogP contribution in [0.2, 0.25) is 0 Å². The van der Waals surface area contributed by atoms with Crippen LogP contribution in [0.25, 0.3) is 33.5 Å². The molecule has 0 aliphatic carbocycles. The topological polar surface area (TPSA) is 15.8 Å². The number of hydrogen-bond acceptors (Lipinski definition) is 0. The molecular formula is C23H14BrF3N. The highest BCUT2D eigenvalue weighted by Crippen LogP contribution is 2.42. The molecule has 1 radical (unpaired) electrons. The largest absolute Gasteiger partial charge is 0.417 e. The number of benzene rings is 3. The lowest BCUT2D eigenvalue weighted by Crippen LogP contribution is -2.07. The standard InChI is InChI=1S/C23H14BrF3N/c24-18-9-6-15(7-10-18)17-8-11-21(23(25,26)27)20(14-17)19-12-13-28-22(19)16-4-2-1-3-5-16/h2-14,28H. The second-order valence-electron chi connectivity index (χ2n) is 6.32. The molecule has 139 valence electrons. The SMILES string of the molecule is FC(F)(F)c1ccc(-c2ccc(Br)cc2)cc1-c1cc[nH]c1-c1cc[c]cc1. The Labute approximate surface area is 169 Å². The van der Waals surface area contributed by atoms with Gasteiger partial charge >= 0.3 is 6.18 Å². The molecule has 1 aromatic heterocycles. The fourth-order valence-electron chi connectivity index (χ4n) is 3.22. The quantitative estimate of drug-likeness (QED) is 0.337. The van der Waals surface area contributed by atoms with E-state index in [-0.39, 0.29) is 5.56 Å². The van der Waals surface area contributed by atoms with Crippen LogP contribution in [0.15, 0.2) is 83.5 Å². The van der Waals surface area contributed by atoms with Gasteiger partial charge in [-0.1, -0.05) is 58.4 Å². The number of aromatic amines is 1. The minimum Gasteiger partial charge on any atom is -0.361 e. The molecular weight excluding hydrogens is 427 g/mol. The molecule has 1 nitrogen and oxygen atoms in total. The lowest BCUT2D eigenvalue weighted by molar-refractivity contribution is -0.137. The van der Waals surface area contributed by atoms with Crippen molar-refractivity contribution in [3.63, 3.8) is 0 Å². The van der Waals surface area contributed by atoms with Crippen molar-refractivity contribution in [1.82, 2.24) is 4.98 Å². The van der Waals surface area contributed by atoms with Gasteiger partial charge in [-0.3, -0.25) is 0 Å². The highest BCUT2D eigenvalue weighted by atomic mass is 79.9. The third kappa shape index (κ3) is 3.62. The van der Waals surface area contributed by atoms with Gasteiger partial charge in [-0.25, -0.2) is 0 Å². The summed E-state index contributed by atoms with van der Waals surface area (Å²) in [4.78, 5) is 3.08. The maximum Gasteiger partial charge on any atom is 0.417 e. The maximum atomic E-state index is 13.7. The van der Waals surface area contributed by atoms with Gasteiger partial charge < -0.3 is 4.98 Å².